The lowest BCUT2D eigenvalue weighted by molar-refractivity contribution is -0.139. The lowest BCUT2D eigenvalue weighted by Gasteiger charge is -2.24. The van der Waals surface area contributed by atoms with Gasteiger partial charge in [-0.05, 0) is 66.3 Å². The van der Waals surface area contributed by atoms with Gasteiger partial charge < -0.3 is 13.9 Å². The van der Waals surface area contributed by atoms with Crippen LogP contribution < -0.4 is 19.6 Å². The third-order valence-electron chi connectivity index (χ3n) is 4.82. The van der Waals surface area contributed by atoms with Crippen molar-refractivity contribution in [2.24, 2.45) is 4.99 Å². The maximum Gasteiger partial charge on any atom is 0.338 e. The van der Waals surface area contributed by atoms with E-state index in [9.17, 15) is 9.59 Å². The second-order valence-corrected chi connectivity index (χ2v) is 8.79. The molecule has 7 nitrogen and oxygen atoms in total. The zero-order valence-electron chi connectivity index (χ0n) is 17.0. The molecule has 0 aliphatic carbocycles. The molecule has 0 unspecified atom stereocenters. The minimum absolute atomic E-state index is 0.229. The number of carbonyl (C=O) groups excluding carboxylic acids is 1. The zero-order chi connectivity index (χ0) is 22.1. The van der Waals surface area contributed by atoms with E-state index in [-0.39, 0.29) is 12.2 Å². The normalized spacial score (nSPS) is 16.1. The summed E-state index contributed by atoms with van der Waals surface area (Å²) in [4.78, 5) is 31.3. The molecular formula is C22H19IN2O5S. The lowest BCUT2D eigenvalue weighted by Crippen LogP contribution is -2.39. The Bertz CT molecular complexity index is 1350. The maximum atomic E-state index is 13.4. The Morgan fingerprint density at radius 2 is 2.03 bits per heavy atom. The molecule has 1 atom stereocenters. The van der Waals surface area contributed by atoms with Gasteiger partial charge in [-0.1, -0.05) is 23.5 Å². The van der Waals surface area contributed by atoms with Gasteiger partial charge in [0.2, 0.25) is 0 Å². The first-order chi connectivity index (χ1) is 14.9. The molecule has 0 saturated carbocycles. The Morgan fingerprint density at radius 3 is 2.65 bits per heavy atom. The summed E-state index contributed by atoms with van der Waals surface area (Å²) in [5.41, 5.74) is 1.39. The van der Waals surface area contributed by atoms with Crippen LogP contribution in [0.1, 0.15) is 31.2 Å². The van der Waals surface area contributed by atoms with E-state index >= 15 is 0 Å². The molecular weight excluding hydrogens is 531 g/mol. The Hall–Kier alpha value is -2.66. The minimum atomic E-state index is -0.653. The molecule has 0 spiro atoms. The highest BCUT2D eigenvalue weighted by molar-refractivity contribution is 14.1. The Labute approximate surface area is 195 Å². The standard InChI is InChI=1S/C22H19IN2O5S/c1-4-29-21(27)18-12(2)24-22-25(19(18)13-5-7-14(28-3)8-6-13)20(26)16(31-22)11-15-9-10-17(23)30-15/h5-11,19H,4H2,1-3H3/b16-11+/t19-/m0/s1. The van der Waals surface area contributed by atoms with Crippen molar-refractivity contribution in [1.82, 2.24) is 4.57 Å². The molecule has 2 aromatic heterocycles. The highest BCUT2D eigenvalue weighted by Crippen LogP contribution is 2.31. The first kappa shape index (κ1) is 21.6. The number of hydrogen-bond acceptors (Lipinski definition) is 7. The summed E-state index contributed by atoms with van der Waals surface area (Å²) in [5, 5.41) is 0. The van der Waals surface area contributed by atoms with Crippen LogP contribution in [0.25, 0.3) is 6.08 Å². The van der Waals surface area contributed by atoms with E-state index in [1.54, 1.807) is 49.8 Å². The number of benzene rings is 1. The van der Waals surface area contributed by atoms with Crippen molar-refractivity contribution >= 4 is 46.0 Å². The maximum absolute atomic E-state index is 13.4. The molecule has 9 heteroatoms. The molecule has 1 aliphatic heterocycles. The minimum Gasteiger partial charge on any atom is -0.497 e. The summed E-state index contributed by atoms with van der Waals surface area (Å²) in [5.74, 6) is 0.776. The summed E-state index contributed by atoms with van der Waals surface area (Å²) >= 11 is 3.33. The van der Waals surface area contributed by atoms with Gasteiger partial charge in [0.05, 0.1) is 35.6 Å². The molecule has 0 radical (unpaired) electrons. The molecule has 0 amide bonds. The lowest BCUT2D eigenvalue weighted by atomic mass is 9.96. The molecule has 4 rings (SSSR count). The molecule has 1 aromatic carbocycles. The van der Waals surface area contributed by atoms with E-state index in [2.05, 4.69) is 27.6 Å². The van der Waals surface area contributed by atoms with Gasteiger partial charge in [-0.2, -0.15) is 0 Å². The number of fused-ring (bicyclic) bond motifs is 1. The SMILES string of the molecule is CCOC(=O)C1=C(C)N=c2s/c(=C/c3ccc(I)o3)c(=O)n2[C@H]1c1ccc(OC)cc1. The van der Waals surface area contributed by atoms with Gasteiger partial charge in [0.1, 0.15) is 11.5 Å². The molecule has 3 heterocycles. The predicted octanol–water partition coefficient (Wildman–Crippen LogP) is 3.00. The third-order valence-corrected chi connectivity index (χ3v) is 6.38. The molecule has 0 bridgehead atoms. The van der Waals surface area contributed by atoms with Crippen LogP contribution in [0.5, 0.6) is 5.75 Å². The zero-order valence-corrected chi connectivity index (χ0v) is 20.0. The van der Waals surface area contributed by atoms with E-state index in [1.165, 1.54) is 11.3 Å². The fourth-order valence-electron chi connectivity index (χ4n) is 3.43. The van der Waals surface area contributed by atoms with E-state index in [0.29, 0.717) is 32.1 Å². The number of carbonyl (C=O) groups is 1. The molecule has 160 valence electrons. The monoisotopic (exact) mass is 550 g/mol. The molecule has 0 saturated heterocycles. The number of furan rings is 1. The number of aromatic nitrogens is 1. The number of esters is 1. The van der Waals surface area contributed by atoms with E-state index in [4.69, 9.17) is 13.9 Å². The summed E-state index contributed by atoms with van der Waals surface area (Å²) < 4.78 is 18.9. The number of hydrogen-bond donors (Lipinski definition) is 0. The average molecular weight is 550 g/mol. The van der Waals surface area contributed by atoms with Crippen LogP contribution in [0.4, 0.5) is 0 Å². The second-order valence-electron chi connectivity index (χ2n) is 6.72. The quantitative estimate of drug-likeness (QED) is 0.361. The molecule has 0 fully saturated rings. The third kappa shape index (κ3) is 4.11. The van der Waals surface area contributed by atoms with E-state index < -0.39 is 12.0 Å². The number of thiazole rings is 1. The van der Waals surface area contributed by atoms with Crippen molar-refractivity contribution in [2.75, 3.05) is 13.7 Å². The Balaban J connectivity index is 1.94. The van der Waals surface area contributed by atoms with E-state index in [0.717, 1.165) is 9.33 Å². The summed E-state index contributed by atoms with van der Waals surface area (Å²) in [6.07, 6.45) is 1.69. The van der Waals surface area contributed by atoms with Crippen molar-refractivity contribution in [3.8, 4) is 5.75 Å². The Kier molecular flexibility index (Phi) is 6.15. The fraction of sp³-hybridized carbons (Fsp3) is 0.227. The van der Waals surface area contributed by atoms with Crippen molar-refractivity contribution in [3.63, 3.8) is 0 Å². The second kappa shape index (κ2) is 8.83. The van der Waals surface area contributed by atoms with Crippen LogP contribution in [0.2, 0.25) is 0 Å². The van der Waals surface area contributed by atoms with E-state index in [1.807, 2.05) is 18.2 Å². The van der Waals surface area contributed by atoms with Crippen LogP contribution in [-0.2, 0) is 9.53 Å². The van der Waals surface area contributed by atoms with Crippen molar-refractivity contribution < 1.29 is 18.7 Å². The molecule has 1 aliphatic rings. The molecule has 0 N–H and O–H groups in total. The topological polar surface area (TPSA) is 83.0 Å². The van der Waals surface area contributed by atoms with Crippen molar-refractivity contribution in [2.45, 2.75) is 19.9 Å². The fourth-order valence-corrected chi connectivity index (χ4v) is 4.89. The number of rotatable bonds is 5. The van der Waals surface area contributed by atoms with Gasteiger partial charge in [-0.15, -0.1) is 0 Å². The first-order valence-electron chi connectivity index (χ1n) is 9.52. The first-order valence-corrected chi connectivity index (χ1v) is 11.4. The number of halogens is 1. The number of ether oxygens (including phenoxy) is 2. The van der Waals surface area contributed by atoms with Gasteiger partial charge in [0, 0.05) is 6.08 Å². The number of nitrogens with zero attached hydrogens (tertiary/aromatic N) is 2. The highest BCUT2D eigenvalue weighted by atomic mass is 127. The van der Waals surface area contributed by atoms with Gasteiger partial charge in [-0.3, -0.25) is 9.36 Å². The summed E-state index contributed by atoms with van der Waals surface area (Å²) in [7, 11) is 1.59. The van der Waals surface area contributed by atoms with Gasteiger partial charge in [-0.25, -0.2) is 9.79 Å². The average Bonchev–Trinajstić information content (AvgIpc) is 3.30. The van der Waals surface area contributed by atoms with Crippen LogP contribution in [0.3, 0.4) is 0 Å². The highest BCUT2D eigenvalue weighted by Gasteiger charge is 2.33. The number of allylic oxidation sites excluding steroid dienone is 1. The van der Waals surface area contributed by atoms with Gasteiger partial charge in [0.25, 0.3) is 5.56 Å². The van der Waals surface area contributed by atoms with Crippen molar-refractivity contribution in [1.29, 1.82) is 0 Å². The van der Waals surface area contributed by atoms with Crippen LogP contribution >= 0.6 is 33.9 Å². The molecule has 31 heavy (non-hydrogen) atoms. The smallest absolute Gasteiger partial charge is 0.338 e. The molecule has 3 aromatic rings. The summed E-state index contributed by atoms with van der Waals surface area (Å²) in [6.45, 7) is 3.73. The number of methoxy groups -OCH3 is 1. The largest absolute Gasteiger partial charge is 0.497 e. The predicted molar refractivity (Wildman–Crippen MR) is 125 cm³/mol. The summed E-state index contributed by atoms with van der Waals surface area (Å²) in [6, 6.07) is 10.3. The van der Waals surface area contributed by atoms with Crippen LogP contribution in [-0.4, -0.2) is 24.3 Å². The Morgan fingerprint density at radius 1 is 1.29 bits per heavy atom. The van der Waals surface area contributed by atoms with Gasteiger partial charge in [0.15, 0.2) is 8.57 Å². The van der Waals surface area contributed by atoms with Crippen LogP contribution in [0, 0.1) is 3.77 Å². The van der Waals surface area contributed by atoms with Crippen LogP contribution in [0.15, 0.2) is 61.9 Å². The van der Waals surface area contributed by atoms with Gasteiger partial charge >= 0.3 is 5.97 Å². The van der Waals surface area contributed by atoms with Crippen molar-refractivity contribution in [3.05, 3.63) is 82.4 Å².